The second kappa shape index (κ2) is 8.16. The monoisotopic (exact) mass is 383 g/mol. The van der Waals surface area contributed by atoms with Gasteiger partial charge in [0, 0.05) is 6.04 Å². The topological polar surface area (TPSA) is 55.4 Å². The Bertz CT molecular complexity index is 688. The number of benzene rings is 1. The van der Waals surface area contributed by atoms with Gasteiger partial charge in [0.25, 0.3) is 0 Å². The van der Waals surface area contributed by atoms with Gasteiger partial charge in [-0.25, -0.2) is 13.1 Å². The molecule has 0 spiro atoms. The van der Waals surface area contributed by atoms with Crippen molar-refractivity contribution in [1.29, 1.82) is 0 Å². The minimum absolute atomic E-state index is 0.0489. The summed E-state index contributed by atoms with van der Waals surface area (Å²) in [5.74, 6) is 0. The largest absolute Gasteiger partial charge is 0.411 e. The molecule has 0 saturated heterocycles. The van der Waals surface area contributed by atoms with Crippen LogP contribution in [0.25, 0.3) is 0 Å². The number of hydrogen-bond donors (Lipinski definition) is 1. The van der Waals surface area contributed by atoms with Crippen LogP contribution in [0.2, 0.25) is 18.1 Å². The number of aryl methyl sites for hydroxylation is 1. The average Bonchev–Trinajstić information content (AvgIpc) is 2.43. The summed E-state index contributed by atoms with van der Waals surface area (Å²) in [6, 6.07) is 6.53. The summed E-state index contributed by atoms with van der Waals surface area (Å²) in [6.45, 7) is 16.8. The molecule has 0 unspecified atom stereocenters. The third-order valence-corrected chi connectivity index (χ3v) is 10.8. The Balaban J connectivity index is 2.70. The van der Waals surface area contributed by atoms with E-state index in [2.05, 4.69) is 38.6 Å². The second-order valence-corrected chi connectivity index (χ2v) is 14.7. The molecular weight excluding hydrogens is 350 g/mol. The van der Waals surface area contributed by atoms with E-state index in [4.69, 9.17) is 4.43 Å². The summed E-state index contributed by atoms with van der Waals surface area (Å²) in [4.78, 5) is 0.281. The minimum Gasteiger partial charge on any atom is -0.411 e. The predicted octanol–water partition coefficient (Wildman–Crippen LogP) is 4.63. The first-order chi connectivity index (χ1) is 11.2. The molecule has 0 aliphatic rings. The predicted molar refractivity (Wildman–Crippen MR) is 108 cm³/mol. The molecule has 0 amide bonds. The smallest absolute Gasteiger partial charge is 0.241 e. The summed E-state index contributed by atoms with van der Waals surface area (Å²) in [5.41, 5.74) is 1.03. The van der Waals surface area contributed by atoms with Gasteiger partial charge in [0.05, 0.1) is 11.0 Å². The Morgan fingerprint density at radius 3 is 2.08 bits per heavy atom. The van der Waals surface area contributed by atoms with Gasteiger partial charge in [-0.05, 0) is 51.0 Å². The highest BCUT2D eigenvalue weighted by atomic mass is 32.2. The van der Waals surface area contributed by atoms with Crippen molar-refractivity contribution in [3.63, 3.8) is 0 Å². The van der Waals surface area contributed by atoms with Crippen molar-refractivity contribution in [3.05, 3.63) is 42.0 Å². The van der Waals surface area contributed by atoms with Gasteiger partial charge in [-0.2, -0.15) is 0 Å². The standard InChI is InChI=1S/C19H33NO3SSi/c1-15-9-13-18(14-10-15)24(21,22)20-16(2)11-12-17(3)23-25(7,8)19(4,5)6/h9-14,16-17,20H,1-8H3/b12-11+/t16-,17-/m0/s1. The molecule has 1 rings (SSSR count). The van der Waals surface area contributed by atoms with E-state index in [1.54, 1.807) is 24.3 Å². The molecule has 142 valence electrons. The van der Waals surface area contributed by atoms with Crippen molar-refractivity contribution in [2.45, 2.75) is 76.7 Å². The van der Waals surface area contributed by atoms with Crippen LogP contribution >= 0.6 is 0 Å². The number of nitrogens with one attached hydrogen (secondary N) is 1. The molecule has 0 aliphatic carbocycles. The lowest BCUT2D eigenvalue weighted by molar-refractivity contribution is 0.243. The van der Waals surface area contributed by atoms with Crippen molar-refractivity contribution in [2.24, 2.45) is 0 Å². The van der Waals surface area contributed by atoms with E-state index in [0.29, 0.717) is 0 Å². The van der Waals surface area contributed by atoms with Gasteiger partial charge >= 0.3 is 0 Å². The normalized spacial score (nSPS) is 16.2. The fourth-order valence-corrected chi connectivity index (χ4v) is 4.63. The summed E-state index contributed by atoms with van der Waals surface area (Å²) in [6.07, 6.45) is 3.74. The molecule has 1 aromatic rings. The van der Waals surface area contributed by atoms with Gasteiger partial charge < -0.3 is 4.43 Å². The second-order valence-electron chi connectivity index (χ2n) is 8.19. The van der Waals surface area contributed by atoms with Gasteiger partial charge in [-0.15, -0.1) is 0 Å². The lowest BCUT2D eigenvalue weighted by atomic mass is 10.2. The highest BCUT2D eigenvalue weighted by Crippen LogP contribution is 2.37. The van der Waals surface area contributed by atoms with Crippen molar-refractivity contribution < 1.29 is 12.8 Å². The third-order valence-electron chi connectivity index (χ3n) is 4.63. The molecule has 0 heterocycles. The van der Waals surface area contributed by atoms with Crippen LogP contribution in [-0.4, -0.2) is 28.9 Å². The van der Waals surface area contributed by atoms with Gasteiger partial charge in [0.1, 0.15) is 0 Å². The molecule has 6 heteroatoms. The zero-order chi connectivity index (χ0) is 19.5. The van der Waals surface area contributed by atoms with Crippen molar-refractivity contribution in [3.8, 4) is 0 Å². The minimum atomic E-state index is -3.52. The van der Waals surface area contributed by atoms with Crippen LogP contribution in [0.15, 0.2) is 41.3 Å². The summed E-state index contributed by atoms with van der Waals surface area (Å²) >= 11 is 0. The summed E-state index contributed by atoms with van der Waals surface area (Å²) in [5, 5.41) is 0.147. The van der Waals surface area contributed by atoms with E-state index < -0.39 is 18.3 Å². The Hall–Kier alpha value is -0.953. The van der Waals surface area contributed by atoms with Crippen LogP contribution in [0.4, 0.5) is 0 Å². The molecule has 2 atom stereocenters. The molecule has 4 nitrogen and oxygen atoms in total. The average molecular weight is 384 g/mol. The maximum Gasteiger partial charge on any atom is 0.241 e. The summed E-state index contributed by atoms with van der Waals surface area (Å²) in [7, 11) is -5.35. The van der Waals surface area contributed by atoms with E-state index in [0.717, 1.165) is 5.56 Å². The van der Waals surface area contributed by atoms with E-state index >= 15 is 0 Å². The first-order valence-corrected chi connectivity index (χ1v) is 13.1. The van der Waals surface area contributed by atoms with Crippen LogP contribution in [0.3, 0.4) is 0 Å². The number of hydrogen-bond acceptors (Lipinski definition) is 3. The van der Waals surface area contributed by atoms with Crippen LogP contribution in [0, 0.1) is 6.92 Å². The zero-order valence-electron chi connectivity index (χ0n) is 16.8. The Morgan fingerprint density at radius 1 is 1.08 bits per heavy atom. The number of rotatable bonds is 7. The van der Waals surface area contributed by atoms with Crippen LogP contribution < -0.4 is 4.72 Å². The zero-order valence-corrected chi connectivity index (χ0v) is 18.6. The molecule has 0 aliphatic heterocycles. The molecule has 0 radical (unpaired) electrons. The van der Waals surface area contributed by atoms with E-state index in [1.165, 1.54) is 0 Å². The van der Waals surface area contributed by atoms with Gasteiger partial charge in [0.2, 0.25) is 10.0 Å². The van der Waals surface area contributed by atoms with E-state index in [-0.39, 0.29) is 22.1 Å². The first-order valence-electron chi connectivity index (χ1n) is 8.70. The van der Waals surface area contributed by atoms with E-state index in [9.17, 15) is 8.42 Å². The Labute approximate surface area is 154 Å². The fourth-order valence-electron chi connectivity index (χ4n) is 2.07. The van der Waals surface area contributed by atoms with E-state index in [1.807, 2.05) is 32.9 Å². The molecule has 0 saturated carbocycles. The molecule has 0 fully saturated rings. The highest BCUT2D eigenvalue weighted by Gasteiger charge is 2.38. The maximum absolute atomic E-state index is 12.4. The van der Waals surface area contributed by atoms with Crippen molar-refractivity contribution >= 4 is 18.3 Å². The Kier molecular flexibility index (Phi) is 7.21. The first kappa shape index (κ1) is 22.1. The highest BCUT2D eigenvalue weighted by molar-refractivity contribution is 7.89. The lowest BCUT2D eigenvalue weighted by Gasteiger charge is -2.37. The lowest BCUT2D eigenvalue weighted by Crippen LogP contribution is -2.43. The van der Waals surface area contributed by atoms with Crippen LogP contribution in [0.1, 0.15) is 40.2 Å². The number of sulfonamides is 1. The molecule has 0 bridgehead atoms. The third kappa shape index (κ3) is 6.70. The Morgan fingerprint density at radius 2 is 1.60 bits per heavy atom. The molecule has 25 heavy (non-hydrogen) atoms. The molecule has 1 aromatic carbocycles. The molecule has 0 aromatic heterocycles. The molecular formula is C19H33NO3SSi. The molecule has 1 N–H and O–H groups in total. The maximum atomic E-state index is 12.4. The van der Waals surface area contributed by atoms with Gasteiger partial charge in [0.15, 0.2) is 8.32 Å². The summed E-state index contributed by atoms with van der Waals surface area (Å²) < 4.78 is 33.7. The fraction of sp³-hybridized carbons (Fsp3) is 0.579. The van der Waals surface area contributed by atoms with Gasteiger partial charge in [-0.3, -0.25) is 0 Å². The SMILES string of the molecule is Cc1ccc(S(=O)(=O)N[C@@H](C)/C=C/[C@H](C)O[Si](C)(C)C(C)(C)C)cc1. The van der Waals surface area contributed by atoms with Gasteiger partial charge in [-0.1, -0.05) is 50.6 Å². The van der Waals surface area contributed by atoms with Crippen LogP contribution in [-0.2, 0) is 14.4 Å². The van der Waals surface area contributed by atoms with Crippen LogP contribution in [0.5, 0.6) is 0 Å². The van der Waals surface area contributed by atoms with Crippen molar-refractivity contribution in [1.82, 2.24) is 4.72 Å². The quantitative estimate of drug-likeness (QED) is 0.552. The van der Waals surface area contributed by atoms with Crippen molar-refractivity contribution in [2.75, 3.05) is 0 Å².